The van der Waals surface area contributed by atoms with Crippen LogP contribution in [0.5, 0.6) is 0 Å². The highest BCUT2D eigenvalue weighted by atomic mass is 16.3. The lowest BCUT2D eigenvalue weighted by molar-refractivity contribution is 0.435. The lowest BCUT2D eigenvalue weighted by Gasteiger charge is -2.26. The second kappa shape index (κ2) is 17.8. The Labute approximate surface area is 401 Å². The molecule has 0 fully saturated rings. The van der Waals surface area contributed by atoms with Crippen molar-refractivity contribution in [3.63, 3.8) is 0 Å². The molecule has 2 aromatic heterocycles. The predicted octanol–water partition coefficient (Wildman–Crippen LogP) is 16.0. The van der Waals surface area contributed by atoms with Crippen LogP contribution in [0.2, 0.25) is 0 Å². The molecule has 0 saturated carbocycles. The van der Waals surface area contributed by atoms with Gasteiger partial charge in [0.2, 0.25) is 0 Å². The van der Waals surface area contributed by atoms with Gasteiger partial charge in [0.05, 0.1) is 27.8 Å². The summed E-state index contributed by atoms with van der Waals surface area (Å²) in [5.41, 5.74) is 10.8. The Kier molecular flexibility index (Phi) is 11.1. The third kappa shape index (κ3) is 7.57. The molecule has 8 aromatic carbocycles. The van der Waals surface area contributed by atoms with Crippen molar-refractivity contribution in [3.05, 3.63) is 247 Å². The zero-order chi connectivity index (χ0) is 47.2. The molecule has 0 bridgehead atoms. The van der Waals surface area contributed by atoms with Gasteiger partial charge < -0.3 is 19.1 Å². The van der Waals surface area contributed by atoms with Crippen LogP contribution in [0.1, 0.15) is 37.0 Å². The second-order valence-corrected chi connectivity index (χ2v) is 17.7. The van der Waals surface area contributed by atoms with Gasteiger partial charge in [-0.1, -0.05) is 184 Å². The monoisotopic (exact) mass is 893 g/mol. The third-order valence-electron chi connectivity index (χ3n) is 13.5. The molecular formula is C63H51N5O. The van der Waals surface area contributed by atoms with Gasteiger partial charge in [-0.15, -0.1) is 0 Å². The number of amidine groups is 2. The average molecular weight is 894 g/mol. The SMILES string of the molecule is C=C(O)/C=C\C=C(\C(=N)N=C(c1ccc2c3ccccc3n(-c3ccccc3)c2c1)N(C)C1=CC=C[C@@H]1C)c1ccccc1/C(=C\CC)n1c2cc3ccccc3cc2c2ccc3ccccc3c21. The van der Waals surface area contributed by atoms with Crippen LogP contribution in [0.4, 0.5) is 0 Å². The van der Waals surface area contributed by atoms with Crippen molar-refractivity contribution < 1.29 is 5.11 Å². The lowest BCUT2D eigenvalue weighted by Crippen LogP contribution is -2.30. The maximum atomic E-state index is 10.3. The van der Waals surface area contributed by atoms with E-state index >= 15 is 0 Å². The molecule has 1 aliphatic carbocycles. The van der Waals surface area contributed by atoms with Gasteiger partial charge >= 0.3 is 0 Å². The molecular weight excluding hydrogens is 843 g/mol. The summed E-state index contributed by atoms with van der Waals surface area (Å²) in [6.07, 6.45) is 14.6. The number of hydrogen-bond donors (Lipinski definition) is 2. The van der Waals surface area contributed by atoms with Crippen molar-refractivity contribution in [1.29, 1.82) is 5.41 Å². The van der Waals surface area contributed by atoms with Crippen molar-refractivity contribution in [1.82, 2.24) is 14.0 Å². The number of hydrogen-bond acceptors (Lipinski definition) is 2. The third-order valence-corrected chi connectivity index (χ3v) is 13.5. The van der Waals surface area contributed by atoms with Crippen molar-refractivity contribution in [3.8, 4) is 5.69 Å². The highest BCUT2D eigenvalue weighted by molar-refractivity contribution is 6.28. The normalized spacial score (nSPS) is 14.6. The fourth-order valence-electron chi connectivity index (χ4n) is 10.3. The summed E-state index contributed by atoms with van der Waals surface area (Å²) in [4.78, 5) is 7.51. The van der Waals surface area contributed by atoms with Crippen LogP contribution in [-0.2, 0) is 0 Å². The summed E-state index contributed by atoms with van der Waals surface area (Å²) in [5, 5.41) is 29.8. The van der Waals surface area contributed by atoms with E-state index in [1.54, 1.807) is 12.2 Å². The summed E-state index contributed by atoms with van der Waals surface area (Å²) < 4.78 is 4.74. The number of aliphatic hydroxyl groups is 1. The molecule has 1 atom stereocenters. The molecule has 6 nitrogen and oxygen atoms in total. The Hall–Kier alpha value is -8.74. The number of rotatable bonds is 10. The zero-order valence-corrected chi connectivity index (χ0v) is 38.9. The first kappa shape index (κ1) is 42.9. The van der Waals surface area contributed by atoms with Gasteiger partial charge in [0.15, 0.2) is 5.84 Å². The Morgan fingerprint density at radius 1 is 0.696 bits per heavy atom. The van der Waals surface area contributed by atoms with Gasteiger partial charge in [-0.25, -0.2) is 4.99 Å². The maximum Gasteiger partial charge on any atom is 0.154 e. The highest BCUT2D eigenvalue weighted by Gasteiger charge is 2.25. The summed E-state index contributed by atoms with van der Waals surface area (Å²) in [6.45, 7) is 8.09. The molecule has 10 aromatic rings. The van der Waals surface area contributed by atoms with Crippen molar-refractivity contribution in [2.24, 2.45) is 10.9 Å². The summed E-state index contributed by atoms with van der Waals surface area (Å²) in [7, 11) is 2.05. The van der Waals surface area contributed by atoms with Crippen LogP contribution < -0.4 is 0 Å². The lowest BCUT2D eigenvalue weighted by atomic mass is 9.95. The Morgan fingerprint density at radius 3 is 2.12 bits per heavy atom. The molecule has 1 aliphatic rings. The number of nitrogens with one attached hydrogen (secondary N) is 1. The first-order chi connectivity index (χ1) is 33.8. The zero-order valence-electron chi connectivity index (χ0n) is 38.9. The van der Waals surface area contributed by atoms with Gasteiger partial charge in [-0.05, 0) is 76.7 Å². The van der Waals surface area contributed by atoms with Crippen LogP contribution in [0, 0.1) is 11.3 Å². The number of para-hydroxylation sites is 2. The van der Waals surface area contributed by atoms with E-state index in [0.29, 0.717) is 11.4 Å². The van der Waals surface area contributed by atoms with Crippen LogP contribution in [0.15, 0.2) is 235 Å². The minimum absolute atomic E-state index is 0.0647. The fraction of sp³-hybridized carbons (Fsp3) is 0.0794. The van der Waals surface area contributed by atoms with Crippen molar-refractivity contribution in [2.45, 2.75) is 20.3 Å². The predicted molar refractivity (Wildman–Crippen MR) is 293 cm³/mol. The number of benzene rings is 8. The summed E-state index contributed by atoms with van der Waals surface area (Å²) >= 11 is 0. The largest absolute Gasteiger partial charge is 0.509 e. The van der Waals surface area contributed by atoms with E-state index in [4.69, 9.17) is 4.99 Å². The number of aromatic nitrogens is 2. The minimum Gasteiger partial charge on any atom is -0.509 e. The smallest absolute Gasteiger partial charge is 0.154 e. The fourth-order valence-corrected chi connectivity index (χ4v) is 10.3. The van der Waals surface area contributed by atoms with E-state index in [-0.39, 0.29) is 17.5 Å². The number of aliphatic imine (C=N–C) groups is 1. The Bertz CT molecular complexity index is 3910. The van der Waals surface area contributed by atoms with Crippen molar-refractivity contribution >= 4 is 88.1 Å². The number of fused-ring (bicyclic) bond motifs is 9. The molecule has 334 valence electrons. The van der Waals surface area contributed by atoms with Gasteiger partial charge in [-0.2, -0.15) is 0 Å². The van der Waals surface area contributed by atoms with Crippen LogP contribution in [-0.4, -0.2) is 37.9 Å². The summed E-state index contributed by atoms with van der Waals surface area (Å²) in [5.74, 6) is 0.763. The van der Waals surface area contributed by atoms with E-state index in [1.807, 2.05) is 25.3 Å². The van der Waals surface area contributed by atoms with Gasteiger partial charge in [0, 0.05) is 68.0 Å². The van der Waals surface area contributed by atoms with Crippen LogP contribution in [0.25, 0.3) is 82.1 Å². The molecule has 69 heavy (non-hydrogen) atoms. The molecule has 0 radical (unpaired) electrons. The van der Waals surface area contributed by atoms with Crippen LogP contribution in [0.3, 0.4) is 0 Å². The average Bonchev–Trinajstić information content (AvgIpc) is 4.06. The number of allylic oxidation sites excluding steroid dienone is 7. The van der Waals surface area contributed by atoms with E-state index in [9.17, 15) is 10.5 Å². The molecule has 0 amide bonds. The first-order valence-corrected chi connectivity index (χ1v) is 23.6. The standard InChI is InChI=1S/C63H51N5O/c1-5-19-57(68-60-39-45-24-10-9-23-44(45)38-55(60)53-37-34-43-22-11-12-27-48(43)61(53)68)50-29-14-13-28-49(50)54(31-18-21-42(3)69)62(64)65-63(66(4)56-33-17-20-41(56)2)46-35-36-52-51-30-15-16-32-58(51)67(59(52)40-46)47-25-7-6-8-26-47/h6-41,64,69H,3,5H2,1-2,4H3/b21-18-,54-31+,57-19+,64-62?,65-63?/t41-/m0/s1. The second-order valence-electron chi connectivity index (χ2n) is 17.7. The molecule has 0 saturated heterocycles. The molecule has 0 aliphatic heterocycles. The molecule has 6 heteroatoms. The Balaban J connectivity index is 1.13. The molecule has 2 heterocycles. The number of nitrogens with zero attached hydrogens (tertiary/aromatic N) is 4. The maximum absolute atomic E-state index is 10.3. The minimum atomic E-state index is -0.0814. The van der Waals surface area contributed by atoms with E-state index < -0.39 is 0 Å². The Morgan fingerprint density at radius 2 is 1.36 bits per heavy atom. The van der Waals surface area contributed by atoms with Crippen LogP contribution >= 0.6 is 0 Å². The first-order valence-electron chi connectivity index (χ1n) is 23.6. The van der Waals surface area contributed by atoms with E-state index in [0.717, 1.165) is 83.8 Å². The number of aliphatic hydroxyl groups excluding tert-OH is 1. The summed E-state index contributed by atoms with van der Waals surface area (Å²) in [6, 6.07) is 60.1. The molecule has 2 N–H and O–H groups in total. The van der Waals surface area contributed by atoms with Gasteiger partial charge in [0.25, 0.3) is 0 Å². The molecule has 0 unspecified atom stereocenters. The van der Waals surface area contributed by atoms with Gasteiger partial charge in [0.1, 0.15) is 11.6 Å². The highest BCUT2D eigenvalue weighted by Crippen LogP contribution is 2.42. The van der Waals surface area contributed by atoms with Crippen molar-refractivity contribution in [2.75, 3.05) is 7.05 Å². The quantitative estimate of drug-likeness (QED) is 0.0621. The topological polar surface area (TPSA) is 69.5 Å². The van der Waals surface area contributed by atoms with E-state index in [2.05, 4.69) is 216 Å². The van der Waals surface area contributed by atoms with Gasteiger partial charge in [-0.3, -0.25) is 5.41 Å². The van der Waals surface area contributed by atoms with E-state index in [1.165, 1.54) is 21.5 Å². The molecule has 11 rings (SSSR count). The molecule has 0 spiro atoms.